The van der Waals surface area contributed by atoms with Crippen molar-refractivity contribution in [2.45, 2.75) is 39.2 Å². The molecular weight excluding hydrogens is 278 g/mol. The quantitative estimate of drug-likeness (QED) is 0.909. The summed E-state index contributed by atoms with van der Waals surface area (Å²) in [6.45, 7) is 6.08. The SMILES string of the molecule is Cc1cc(C)c(NCC2CCCCO2)c(Br)c1. The molecule has 1 aliphatic rings. The average molecular weight is 298 g/mol. The standard InChI is InChI=1S/C14H20BrNO/c1-10-7-11(2)14(13(15)8-10)16-9-12-5-3-4-6-17-12/h7-8,12,16H,3-6,9H2,1-2H3. The number of ether oxygens (including phenoxy) is 1. The number of hydrogen-bond donors (Lipinski definition) is 1. The number of benzene rings is 1. The van der Waals surface area contributed by atoms with E-state index in [1.807, 2.05) is 0 Å². The van der Waals surface area contributed by atoms with Gasteiger partial charge in [-0.05, 0) is 66.2 Å². The summed E-state index contributed by atoms with van der Waals surface area (Å²) < 4.78 is 6.87. The van der Waals surface area contributed by atoms with E-state index < -0.39 is 0 Å². The maximum atomic E-state index is 5.73. The molecule has 94 valence electrons. The summed E-state index contributed by atoms with van der Waals surface area (Å²) in [4.78, 5) is 0. The van der Waals surface area contributed by atoms with Gasteiger partial charge in [0.25, 0.3) is 0 Å². The fraction of sp³-hybridized carbons (Fsp3) is 0.571. The van der Waals surface area contributed by atoms with E-state index in [0.717, 1.165) is 17.6 Å². The van der Waals surface area contributed by atoms with Gasteiger partial charge >= 0.3 is 0 Å². The first-order valence-corrected chi connectivity index (χ1v) is 7.08. The molecule has 1 fully saturated rings. The van der Waals surface area contributed by atoms with E-state index in [9.17, 15) is 0 Å². The summed E-state index contributed by atoms with van der Waals surface area (Å²) in [5.41, 5.74) is 3.77. The summed E-state index contributed by atoms with van der Waals surface area (Å²) in [6, 6.07) is 4.35. The highest BCUT2D eigenvalue weighted by Gasteiger charge is 2.14. The second kappa shape index (κ2) is 5.87. The molecule has 1 aliphatic heterocycles. The molecule has 0 spiro atoms. The lowest BCUT2D eigenvalue weighted by atomic mass is 10.1. The molecule has 0 radical (unpaired) electrons. The highest BCUT2D eigenvalue weighted by molar-refractivity contribution is 9.10. The van der Waals surface area contributed by atoms with Crippen molar-refractivity contribution in [3.63, 3.8) is 0 Å². The Morgan fingerprint density at radius 1 is 1.35 bits per heavy atom. The predicted octanol–water partition coefficient (Wildman–Crippen LogP) is 4.05. The molecule has 1 unspecified atom stereocenters. The highest BCUT2D eigenvalue weighted by Crippen LogP contribution is 2.28. The molecule has 1 N–H and O–H groups in total. The lowest BCUT2D eigenvalue weighted by molar-refractivity contribution is 0.0247. The molecule has 1 aromatic rings. The average Bonchev–Trinajstić information content (AvgIpc) is 2.29. The van der Waals surface area contributed by atoms with Crippen LogP contribution < -0.4 is 5.32 Å². The fourth-order valence-electron chi connectivity index (χ4n) is 2.32. The molecule has 1 aromatic carbocycles. The lowest BCUT2D eigenvalue weighted by Crippen LogP contribution is -2.27. The van der Waals surface area contributed by atoms with Gasteiger partial charge in [0, 0.05) is 17.6 Å². The molecule has 1 saturated heterocycles. The summed E-state index contributed by atoms with van der Waals surface area (Å²) in [7, 11) is 0. The lowest BCUT2D eigenvalue weighted by Gasteiger charge is -2.24. The molecule has 0 aromatic heterocycles. The van der Waals surface area contributed by atoms with E-state index in [4.69, 9.17) is 4.74 Å². The van der Waals surface area contributed by atoms with Crippen LogP contribution in [0.1, 0.15) is 30.4 Å². The molecule has 0 saturated carbocycles. The zero-order valence-electron chi connectivity index (χ0n) is 10.6. The third-order valence-electron chi connectivity index (χ3n) is 3.21. The van der Waals surface area contributed by atoms with Crippen LogP contribution in [0.15, 0.2) is 16.6 Å². The summed E-state index contributed by atoms with van der Waals surface area (Å²) in [6.07, 6.45) is 4.05. The topological polar surface area (TPSA) is 21.3 Å². The van der Waals surface area contributed by atoms with Gasteiger partial charge < -0.3 is 10.1 Å². The molecule has 0 aliphatic carbocycles. The molecule has 2 rings (SSSR count). The van der Waals surface area contributed by atoms with Crippen molar-refractivity contribution in [1.82, 2.24) is 0 Å². The van der Waals surface area contributed by atoms with E-state index in [1.54, 1.807) is 0 Å². The first-order valence-electron chi connectivity index (χ1n) is 6.29. The number of nitrogens with one attached hydrogen (secondary N) is 1. The molecule has 17 heavy (non-hydrogen) atoms. The van der Waals surface area contributed by atoms with Gasteiger partial charge in [0.05, 0.1) is 11.8 Å². The number of anilines is 1. The van der Waals surface area contributed by atoms with Gasteiger partial charge in [-0.2, -0.15) is 0 Å². The minimum atomic E-state index is 0.372. The maximum absolute atomic E-state index is 5.73. The Labute approximate surface area is 112 Å². The van der Waals surface area contributed by atoms with Crippen LogP contribution in [0.25, 0.3) is 0 Å². The Morgan fingerprint density at radius 2 is 2.18 bits per heavy atom. The third-order valence-corrected chi connectivity index (χ3v) is 3.84. The van der Waals surface area contributed by atoms with Crippen LogP contribution >= 0.6 is 15.9 Å². The monoisotopic (exact) mass is 297 g/mol. The fourth-order valence-corrected chi connectivity index (χ4v) is 3.14. The Bertz CT molecular complexity index is 363. The van der Waals surface area contributed by atoms with Crippen molar-refractivity contribution in [2.75, 3.05) is 18.5 Å². The van der Waals surface area contributed by atoms with E-state index in [0.29, 0.717) is 6.10 Å². The molecule has 1 atom stereocenters. The van der Waals surface area contributed by atoms with Crippen molar-refractivity contribution >= 4 is 21.6 Å². The van der Waals surface area contributed by atoms with Crippen molar-refractivity contribution in [2.24, 2.45) is 0 Å². The van der Waals surface area contributed by atoms with Gasteiger partial charge in [-0.25, -0.2) is 0 Å². The van der Waals surface area contributed by atoms with Crippen LogP contribution in [0.5, 0.6) is 0 Å². The molecule has 1 heterocycles. The predicted molar refractivity (Wildman–Crippen MR) is 75.7 cm³/mol. The zero-order chi connectivity index (χ0) is 12.3. The van der Waals surface area contributed by atoms with Crippen molar-refractivity contribution in [1.29, 1.82) is 0 Å². The van der Waals surface area contributed by atoms with Crippen LogP contribution in [0.2, 0.25) is 0 Å². The zero-order valence-corrected chi connectivity index (χ0v) is 12.1. The normalized spacial score (nSPS) is 20.3. The minimum absolute atomic E-state index is 0.372. The van der Waals surface area contributed by atoms with Gasteiger partial charge in [0.1, 0.15) is 0 Å². The molecule has 3 heteroatoms. The minimum Gasteiger partial charge on any atom is -0.381 e. The van der Waals surface area contributed by atoms with Gasteiger partial charge in [-0.3, -0.25) is 0 Å². The van der Waals surface area contributed by atoms with Crippen molar-refractivity contribution < 1.29 is 4.74 Å². The Kier molecular flexibility index (Phi) is 4.46. The second-order valence-corrected chi connectivity index (χ2v) is 5.66. The molecule has 2 nitrogen and oxygen atoms in total. The van der Waals surface area contributed by atoms with E-state index >= 15 is 0 Å². The van der Waals surface area contributed by atoms with Gasteiger partial charge in [0.2, 0.25) is 0 Å². The van der Waals surface area contributed by atoms with Crippen LogP contribution in [-0.4, -0.2) is 19.3 Å². The Balaban J connectivity index is 1.98. The van der Waals surface area contributed by atoms with Gasteiger partial charge in [-0.15, -0.1) is 0 Å². The number of aryl methyl sites for hydroxylation is 2. The molecular formula is C14H20BrNO. The van der Waals surface area contributed by atoms with Gasteiger partial charge in [0.15, 0.2) is 0 Å². The largest absolute Gasteiger partial charge is 0.381 e. The molecule has 0 amide bonds. The van der Waals surface area contributed by atoms with Gasteiger partial charge in [-0.1, -0.05) is 6.07 Å². The first-order chi connectivity index (χ1) is 8.16. The van der Waals surface area contributed by atoms with Crippen molar-refractivity contribution in [3.05, 3.63) is 27.7 Å². The van der Waals surface area contributed by atoms with Crippen molar-refractivity contribution in [3.8, 4) is 0 Å². The number of hydrogen-bond acceptors (Lipinski definition) is 2. The Morgan fingerprint density at radius 3 is 2.82 bits per heavy atom. The van der Waals surface area contributed by atoms with E-state index in [1.165, 1.54) is 36.1 Å². The van der Waals surface area contributed by atoms with Crippen LogP contribution in [0.3, 0.4) is 0 Å². The number of halogens is 1. The first kappa shape index (κ1) is 12.9. The summed E-state index contributed by atoms with van der Waals surface area (Å²) in [5.74, 6) is 0. The smallest absolute Gasteiger partial charge is 0.0747 e. The van der Waals surface area contributed by atoms with Crippen LogP contribution in [0.4, 0.5) is 5.69 Å². The van der Waals surface area contributed by atoms with E-state index in [2.05, 4.69) is 47.2 Å². The summed E-state index contributed by atoms with van der Waals surface area (Å²) >= 11 is 3.62. The van der Waals surface area contributed by atoms with Crippen LogP contribution in [0, 0.1) is 13.8 Å². The number of rotatable bonds is 3. The van der Waals surface area contributed by atoms with Crippen LogP contribution in [-0.2, 0) is 4.74 Å². The maximum Gasteiger partial charge on any atom is 0.0747 e. The highest BCUT2D eigenvalue weighted by atomic mass is 79.9. The van der Waals surface area contributed by atoms with E-state index in [-0.39, 0.29) is 0 Å². The Hall–Kier alpha value is -0.540. The third kappa shape index (κ3) is 3.46. The summed E-state index contributed by atoms with van der Waals surface area (Å²) in [5, 5.41) is 3.51. The molecule has 0 bridgehead atoms. The second-order valence-electron chi connectivity index (χ2n) is 4.81.